The molecule has 0 amide bonds. The fourth-order valence-corrected chi connectivity index (χ4v) is 2.36. The molecule has 1 aliphatic rings. The topological polar surface area (TPSA) is 43.1 Å². The van der Waals surface area contributed by atoms with Gasteiger partial charge >= 0.3 is 0 Å². The van der Waals surface area contributed by atoms with Gasteiger partial charge in [-0.15, -0.1) is 0 Å². The first-order chi connectivity index (χ1) is 4.70. The van der Waals surface area contributed by atoms with Crippen LogP contribution in [0, 0.1) is 0 Å². The van der Waals surface area contributed by atoms with Crippen molar-refractivity contribution < 1.29 is 4.21 Å². The minimum atomic E-state index is -0.622. The lowest BCUT2D eigenvalue weighted by molar-refractivity contribution is 0.445. The summed E-state index contributed by atoms with van der Waals surface area (Å²) in [7, 11) is -0.622. The number of nitrogens with two attached hydrogens (primary N) is 1. The van der Waals surface area contributed by atoms with Gasteiger partial charge < -0.3 is 5.73 Å². The summed E-state index contributed by atoms with van der Waals surface area (Å²) in [5, 5.41) is 0.430. The second-order valence-electron chi connectivity index (χ2n) is 3.04. The standard InChI is InChI=1S/C7H15NOS/c1-10(9)7-4-2-6(8)3-5-7/h6-7H,2-5,8H2,1H3. The van der Waals surface area contributed by atoms with Crippen molar-refractivity contribution in [2.45, 2.75) is 37.0 Å². The maximum absolute atomic E-state index is 11.0. The van der Waals surface area contributed by atoms with E-state index in [0.29, 0.717) is 11.3 Å². The third-order valence-electron chi connectivity index (χ3n) is 2.19. The Labute approximate surface area is 64.6 Å². The highest BCUT2D eigenvalue weighted by Gasteiger charge is 2.20. The van der Waals surface area contributed by atoms with Crippen molar-refractivity contribution in [1.29, 1.82) is 0 Å². The third kappa shape index (κ3) is 2.06. The smallest absolute Gasteiger partial charge is 0.0346 e. The minimum absolute atomic E-state index is 0.375. The molecule has 1 rings (SSSR count). The maximum Gasteiger partial charge on any atom is 0.0346 e. The van der Waals surface area contributed by atoms with Crippen LogP contribution in [0.1, 0.15) is 25.7 Å². The van der Waals surface area contributed by atoms with Crippen LogP contribution in [0.5, 0.6) is 0 Å². The van der Waals surface area contributed by atoms with Gasteiger partial charge in [-0.1, -0.05) is 0 Å². The molecule has 0 aromatic heterocycles. The largest absolute Gasteiger partial charge is 0.328 e. The van der Waals surface area contributed by atoms with Gasteiger partial charge in [0.05, 0.1) is 0 Å². The first kappa shape index (κ1) is 8.21. The highest BCUT2D eigenvalue weighted by molar-refractivity contribution is 7.84. The molecule has 1 atom stereocenters. The van der Waals surface area contributed by atoms with Crippen LogP contribution in [0.2, 0.25) is 0 Å². The van der Waals surface area contributed by atoms with Gasteiger partial charge in [-0.25, -0.2) is 0 Å². The van der Waals surface area contributed by atoms with E-state index in [2.05, 4.69) is 0 Å². The molecule has 0 aliphatic heterocycles. The van der Waals surface area contributed by atoms with Gasteiger partial charge in [0.15, 0.2) is 0 Å². The molecule has 0 saturated heterocycles. The second-order valence-corrected chi connectivity index (χ2v) is 4.70. The molecule has 1 saturated carbocycles. The molecule has 10 heavy (non-hydrogen) atoms. The zero-order valence-corrected chi connectivity index (χ0v) is 7.19. The van der Waals surface area contributed by atoms with Crippen molar-refractivity contribution in [2.75, 3.05) is 6.26 Å². The SMILES string of the molecule is CS(=O)C1CCC(N)CC1. The summed E-state index contributed by atoms with van der Waals surface area (Å²) in [6.45, 7) is 0. The molecule has 60 valence electrons. The second kappa shape index (κ2) is 3.49. The molecule has 0 bridgehead atoms. The van der Waals surface area contributed by atoms with Crippen LogP contribution >= 0.6 is 0 Å². The Bertz CT molecular complexity index is 130. The van der Waals surface area contributed by atoms with Crippen LogP contribution in [-0.2, 0) is 10.8 Å². The van der Waals surface area contributed by atoms with E-state index in [0.717, 1.165) is 25.7 Å². The van der Waals surface area contributed by atoms with Crippen LogP contribution in [0.15, 0.2) is 0 Å². The summed E-state index contributed by atoms with van der Waals surface area (Å²) in [5.41, 5.74) is 5.70. The molecule has 1 unspecified atom stereocenters. The molecule has 1 aliphatic carbocycles. The summed E-state index contributed by atoms with van der Waals surface area (Å²) in [4.78, 5) is 0. The molecule has 0 heterocycles. The van der Waals surface area contributed by atoms with E-state index >= 15 is 0 Å². The molecule has 0 aromatic rings. The van der Waals surface area contributed by atoms with Gasteiger partial charge in [0.25, 0.3) is 0 Å². The maximum atomic E-state index is 11.0. The summed E-state index contributed by atoms with van der Waals surface area (Å²) in [6.07, 6.45) is 6.03. The van der Waals surface area contributed by atoms with Crippen LogP contribution in [0.4, 0.5) is 0 Å². The fourth-order valence-electron chi connectivity index (χ4n) is 1.42. The van der Waals surface area contributed by atoms with Crippen molar-refractivity contribution in [2.24, 2.45) is 5.73 Å². The Morgan fingerprint density at radius 1 is 1.30 bits per heavy atom. The van der Waals surface area contributed by atoms with Crippen molar-refractivity contribution in [3.63, 3.8) is 0 Å². The number of hydrogen-bond donors (Lipinski definition) is 1. The first-order valence-corrected chi connectivity index (χ1v) is 5.40. The van der Waals surface area contributed by atoms with Crippen molar-refractivity contribution in [1.82, 2.24) is 0 Å². The lowest BCUT2D eigenvalue weighted by Crippen LogP contribution is -2.30. The van der Waals surface area contributed by atoms with Crippen LogP contribution in [-0.4, -0.2) is 21.8 Å². The average molecular weight is 161 g/mol. The molecule has 0 aromatic carbocycles. The van der Waals surface area contributed by atoms with E-state index < -0.39 is 10.8 Å². The van der Waals surface area contributed by atoms with Crippen LogP contribution in [0.3, 0.4) is 0 Å². The quantitative estimate of drug-likeness (QED) is 0.613. The molecule has 2 nitrogen and oxygen atoms in total. The molecule has 0 radical (unpaired) electrons. The molecular weight excluding hydrogens is 146 g/mol. The summed E-state index contributed by atoms with van der Waals surface area (Å²) in [5.74, 6) is 0. The molecule has 0 spiro atoms. The van der Waals surface area contributed by atoms with Crippen molar-refractivity contribution >= 4 is 10.8 Å². The lowest BCUT2D eigenvalue weighted by Gasteiger charge is -2.23. The van der Waals surface area contributed by atoms with Crippen molar-refractivity contribution in [3.05, 3.63) is 0 Å². The van der Waals surface area contributed by atoms with E-state index in [1.165, 1.54) is 0 Å². The Hall–Kier alpha value is 0.110. The number of hydrogen-bond acceptors (Lipinski definition) is 2. The van der Waals surface area contributed by atoms with Crippen LogP contribution in [0.25, 0.3) is 0 Å². The highest BCUT2D eigenvalue weighted by atomic mass is 32.2. The summed E-state index contributed by atoms with van der Waals surface area (Å²) >= 11 is 0. The van der Waals surface area contributed by atoms with Gasteiger partial charge in [-0.3, -0.25) is 4.21 Å². The average Bonchev–Trinajstić information content (AvgIpc) is 1.88. The summed E-state index contributed by atoms with van der Waals surface area (Å²) < 4.78 is 11.0. The summed E-state index contributed by atoms with van der Waals surface area (Å²) in [6, 6.07) is 0.375. The van der Waals surface area contributed by atoms with E-state index in [-0.39, 0.29) is 0 Å². The predicted octanol–water partition coefficient (Wildman–Crippen LogP) is 0.635. The first-order valence-electron chi connectivity index (χ1n) is 3.78. The minimum Gasteiger partial charge on any atom is -0.328 e. The zero-order valence-electron chi connectivity index (χ0n) is 6.38. The van der Waals surface area contributed by atoms with Crippen LogP contribution < -0.4 is 5.73 Å². The lowest BCUT2D eigenvalue weighted by atomic mass is 9.96. The fraction of sp³-hybridized carbons (Fsp3) is 1.00. The van der Waals surface area contributed by atoms with E-state index in [1.807, 2.05) is 0 Å². The highest BCUT2D eigenvalue weighted by Crippen LogP contribution is 2.20. The van der Waals surface area contributed by atoms with E-state index in [1.54, 1.807) is 6.26 Å². The Morgan fingerprint density at radius 2 is 1.80 bits per heavy atom. The monoisotopic (exact) mass is 161 g/mol. The zero-order chi connectivity index (χ0) is 7.56. The van der Waals surface area contributed by atoms with Gasteiger partial charge in [-0.2, -0.15) is 0 Å². The molecule has 2 N–H and O–H groups in total. The molecular formula is C7H15NOS. The van der Waals surface area contributed by atoms with Gasteiger partial charge in [0.1, 0.15) is 0 Å². The van der Waals surface area contributed by atoms with Gasteiger partial charge in [0, 0.05) is 28.3 Å². The third-order valence-corrected chi connectivity index (χ3v) is 3.60. The van der Waals surface area contributed by atoms with Gasteiger partial charge in [-0.05, 0) is 25.7 Å². The van der Waals surface area contributed by atoms with Gasteiger partial charge in [0.2, 0.25) is 0 Å². The van der Waals surface area contributed by atoms with Crippen molar-refractivity contribution in [3.8, 4) is 0 Å². The van der Waals surface area contributed by atoms with E-state index in [4.69, 9.17) is 5.73 Å². The normalized spacial score (nSPS) is 37.4. The van der Waals surface area contributed by atoms with E-state index in [9.17, 15) is 4.21 Å². The Balaban J connectivity index is 2.33. The number of rotatable bonds is 1. The molecule has 3 heteroatoms. The molecule has 1 fully saturated rings. The Morgan fingerprint density at radius 3 is 2.20 bits per heavy atom. The Kier molecular flexibility index (Phi) is 2.86. The predicted molar refractivity (Wildman–Crippen MR) is 44.3 cm³/mol.